The fourth-order valence-corrected chi connectivity index (χ4v) is 8.79. The van der Waals surface area contributed by atoms with Gasteiger partial charge in [0.2, 0.25) is 5.91 Å². The highest BCUT2D eigenvalue weighted by atomic mass is 32.2. The average Bonchev–Trinajstić information content (AvgIpc) is 3.36. The monoisotopic (exact) mass is 545 g/mol. The van der Waals surface area contributed by atoms with Gasteiger partial charge in [-0.15, -0.1) is 0 Å². The van der Waals surface area contributed by atoms with Gasteiger partial charge in [0.05, 0.1) is 10.3 Å². The lowest BCUT2D eigenvalue weighted by Gasteiger charge is -2.55. The Morgan fingerprint density at radius 2 is 1.71 bits per heavy atom. The summed E-state index contributed by atoms with van der Waals surface area (Å²) in [4.78, 5) is 27.5. The van der Waals surface area contributed by atoms with E-state index >= 15 is 0 Å². The molecule has 4 aliphatic carbocycles. The molecule has 1 saturated heterocycles. The van der Waals surface area contributed by atoms with Crippen LogP contribution in [-0.4, -0.2) is 25.7 Å². The Morgan fingerprint density at radius 3 is 2.39 bits per heavy atom. The summed E-state index contributed by atoms with van der Waals surface area (Å²) in [6, 6.07) is 14.5. The van der Waals surface area contributed by atoms with Gasteiger partial charge in [0, 0.05) is 29.2 Å². The summed E-state index contributed by atoms with van der Waals surface area (Å²) < 4.78 is 15.8. The number of amides is 2. The number of aromatic nitrogens is 1. The number of carbonyl (C=O) groups excluding carboxylic acids is 2. The molecule has 2 amide bonds. The van der Waals surface area contributed by atoms with Gasteiger partial charge in [0.25, 0.3) is 5.91 Å². The van der Waals surface area contributed by atoms with E-state index in [0.717, 1.165) is 41.3 Å². The molecule has 0 radical (unpaired) electrons. The van der Waals surface area contributed by atoms with Gasteiger partial charge >= 0.3 is 0 Å². The van der Waals surface area contributed by atoms with Crippen LogP contribution in [0.3, 0.4) is 0 Å². The number of thiocarbonyl (C=S) groups is 1. The summed E-state index contributed by atoms with van der Waals surface area (Å²) in [6.45, 7) is 0.580. The van der Waals surface area contributed by atoms with E-state index in [2.05, 4.69) is 9.99 Å². The van der Waals surface area contributed by atoms with Crippen LogP contribution in [0.5, 0.6) is 0 Å². The Bertz CT molecular complexity index is 1470. The third-order valence-electron chi connectivity index (χ3n) is 8.90. The number of para-hydroxylation sites is 1. The highest BCUT2D eigenvalue weighted by Crippen LogP contribution is 2.60. The molecule has 3 aromatic rings. The van der Waals surface area contributed by atoms with Gasteiger partial charge in [-0.05, 0) is 98.3 Å². The van der Waals surface area contributed by atoms with Crippen LogP contribution < -0.4 is 5.43 Å². The maximum atomic E-state index is 13.6. The molecule has 0 atom stereocenters. The van der Waals surface area contributed by atoms with Crippen molar-refractivity contribution in [2.24, 2.45) is 23.2 Å². The van der Waals surface area contributed by atoms with Crippen molar-refractivity contribution in [3.05, 3.63) is 76.6 Å². The lowest BCUT2D eigenvalue weighted by molar-refractivity contribution is -0.152. The summed E-state index contributed by atoms with van der Waals surface area (Å²) in [5.41, 5.74) is 5.49. The van der Waals surface area contributed by atoms with Crippen LogP contribution >= 0.6 is 24.0 Å². The number of halogens is 1. The number of hydrazine groups is 1. The molecule has 5 nitrogen and oxygen atoms in total. The SMILES string of the molecule is O=C1/C(=C/c2cn(Cc3ccc(F)cc3)c3ccccc23)SC(=S)N1NC(=O)C12CC3CC(CC(C3)C1)C2. The Kier molecular flexibility index (Phi) is 5.74. The van der Waals surface area contributed by atoms with Gasteiger partial charge in [0.1, 0.15) is 5.82 Å². The van der Waals surface area contributed by atoms with E-state index in [1.807, 2.05) is 36.5 Å². The number of hydrogen-bond donors (Lipinski definition) is 1. The molecular formula is C30H28FN3O2S2. The topological polar surface area (TPSA) is 54.3 Å². The molecule has 2 heterocycles. The van der Waals surface area contributed by atoms with Crippen LogP contribution in [0.15, 0.2) is 59.6 Å². The fourth-order valence-electron chi connectivity index (χ4n) is 7.62. The molecule has 4 saturated carbocycles. The summed E-state index contributed by atoms with van der Waals surface area (Å²) in [7, 11) is 0. The predicted molar refractivity (Wildman–Crippen MR) is 151 cm³/mol. The average molecular weight is 546 g/mol. The largest absolute Gasteiger partial charge is 0.342 e. The van der Waals surface area contributed by atoms with Crippen molar-refractivity contribution >= 4 is 57.1 Å². The van der Waals surface area contributed by atoms with E-state index < -0.39 is 0 Å². The second-order valence-corrected chi connectivity index (χ2v) is 13.2. The van der Waals surface area contributed by atoms with Crippen LogP contribution in [0.4, 0.5) is 4.39 Å². The number of thioether (sulfide) groups is 1. The minimum absolute atomic E-state index is 0.0370. The van der Waals surface area contributed by atoms with Crippen LogP contribution in [-0.2, 0) is 16.1 Å². The lowest BCUT2D eigenvalue weighted by atomic mass is 9.49. The molecule has 2 aromatic carbocycles. The van der Waals surface area contributed by atoms with E-state index in [0.29, 0.717) is 33.5 Å². The molecule has 5 fully saturated rings. The molecule has 0 spiro atoms. The van der Waals surface area contributed by atoms with Gasteiger partial charge in [-0.3, -0.25) is 15.0 Å². The normalized spacial score (nSPS) is 29.1. The minimum Gasteiger partial charge on any atom is -0.342 e. The number of nitrogens with zero attached hydrogens (tertiary/aromatic N) is 2. The van der Waals surface area contributed by atoms with E-state index in [1.165, 1.54) is 48.2 Å². The summed E-state index contributed by atoms with van der Waals surface area (Å²) in [6.07, 6.45) is 10.4. The Balaban J connectivity index is 1.14. The third-order valence-corrected chi connectivity index (χ3v) is 10.2. The molecule has 4 bridgehead atoms. The predicted octanol–water partition coefficient (Wildman–Crippen LogP) is 6.28. The number of rotatable bonds is 5. The molecule has 194 valence electrons. The van der Waals surface area contributed by atoms with Crippen molar-refractivity contribution in [1.29, 1.82) is 0 Å². The molecule has 8 rings (SSSR count). The van der Waals surface area contributed by atoms with Crippen molar-refractivity contribution in [2.45, 2.75) is 45.1 Å². The molecule has 8 heteroatoms. The van der Waals surface area contributed by atoms with Gasteiger partial charge in [-0.25, -0.2) is 4.39 Å². The zero-order valence-corrected chi connectivity index (χ0v) is 22.5. The van der Waals surface area contributed by atoms with Crippen molar-refractivity contribution in [3.63, 3.8) is 0 Å². The van der Waals surface area contributed by atoms with Crippen molar-refractivity contribution in [3.8, 4) is 0 Å². The molecular weight excluding hydrogens is 517 g/mol. The molecule has 5 aliphatic rings. The van der Waals surface area contributed by atoms with Crippen molar-refractivity contribution in [1.82, 2.24) is 15.0 Å². The third kappa shape index (κ3) is 4.09. The minimum atomic E-state index is -0.352. The second-order valence-electron chi connectivity index (χ2n) is 11.5. The standard InChI is InChI=1S/C30H28FN3O2S2/c31-23-7-5-18(6-8-23)16-33-17-22(24-3-1-2-4-25(24)33)12-26-27(35)34(29(37)38-26)32-28(36)30-13-19-9-20(14-30)11-21(10-19)15-30/h1-8,12,17,19-21H,9-11,13-16H2,(H,32,36)/b26-12-. The van der Waals surface area contributed by atoms with Gasteiger partial charge in [-0.1, -0.05) is 42.1 Å². The number of hydrogen-bond acceptors (Lipinski definition) is 4. The smallest absolute Gasteiger partial charge is 0.285 e. The molecule has 0 unspecified atom stereocenters. The Labute approximate surface area is 230 Å². The first-order valence-electron chi connectivity index (χ1n) is 13.3. The first-order chi connectivity index (χ1) is 18.4. The quantitative estimate of drug-likeness (QED) is 0.303. The highest BCUT2D eigenvalue weighted by molar-refractivity contribution is 8.26. The summed E-state index contributed by atoms with van der Waals surface area (Å²) >= 11 is 6.77. The summed E-state index contributed by atoms with van der Waals surface area (Å²) in [5.74, 6) is 1.35. The number of fused-ring (bicyclic) bond motifs is 1. The Morgan fingerprint density at radius 1 is 1.05 bits per heavy atom. The van der Waals surface area contributed by atoms with E-state index in [-0.39, 0.29) is 23.0 Å². The van der Waals surface area contributed by atoms with E-state index in [1.54, 1.807) is 12.1 Å². The summed E-state index contributed by atoms with van der Waals surface area (Å²) in [5, 5.41) is 2.29. The fraction of sp³-hybridized carbons (Fsp3) is 0.367. The molecule has 1 N–H and O–H groups in total. The van der Waals surface area contributed by atoms with Gasteiger partial charge in [-0.2, -0.15) is 5.01 Å². The van der Waals surface area contributed by atoms with Crippen LogP contribution in [0.25, 0.3) is 17.0 Å². The van der Waals surface area contributed by atoms with Gasteiger partial charge in [0.15, 0.2) is 4.32 Å². The number of carbonyl (C=O) groups is 2. The molecule has 1 aliphatic heterocycles. The van der Waals surface area contributed by atoms with E-state index in [9.17, 15) is 14.0 Å². The highest BCUT2D eigenvalue weighted by Gasteiger charge is 2.55. The Hall–Kier alpha value is -2.97. The number of benzene rings is 2. The first kappa shape index (κ1) is 24.1. The lowest BCUT2D eigenvalue weighted by Crippen LogP contribution is -2.57. The molecule has 1 aromatic heterocycles. The zero-order valence-electron chi connectivity index (χ0n) is 20.9. The van der Waals surface area contributed by atoms with Crippen molar-refractivity contribution in [2.75, 3.05) is 0 Å². The second kappa shape index (κ2) is 9.06. The number of nitrogens with one attached hydrogen (secondary N) is 1. The van der Waals surface area contributed by atoms with Gasteiger partial charge < -0.3 is 4.57 Å². The van der Waals surface area contributed by atoms with Crippen LogP contribution in [0, 0.1) is 29.0 Å². The van der Waals surface area contributed by atoms with Crippen molar-refractivity contribution < 1.29 is 14.0 Å². The van der Waals surface area contributed by atoms with Crippen LogP contribution in [0.1, 0.15) is 49.7 Å². The van der Waals surface area contributed by atoms with Crippen LogP contribution in [0.2, 0.25) is 0 Å². The first-order valence-corrected chi connectivity index (χ1v) is 14.5. The van der Waals surface area contributed by atoms with E-state index in [4.69, 9.17) is 12.2 Å². The maximum Gasteiger partial charge on any atom is 0.285 e. The zero-order chi connectivity index (χ0) is 26.0. The molecule has 38 heavy (non-hydrogen) atoms. The maximum absolute atomic E-state index is 13.6.